The number of aryl methyl sites for hydroxylation is 1. The summed E-state index contributed by atoms with van der Waals surface area (Å²) >= 11 is 7.31. The van der Waals surface area contributed by atoms with Crippen molar-refractivity contribution in [3.63, 3.8) is 0 Å². The number of nitrogens with zero attached hydrogens (tertiary/aromatic N) is 2. The number of aliphatic imine (C=N–C) groups is 1. The fraction of sp³-hybridized carbons (Fsp3) is 0.188. The number of carbonyl (C=O) groups excluding carboxylic acids is 1. The van der Waals surface area contributed by atoms with E-state index in [1.54, 1.807) is 6.20 Å². The Balaban J connectivity index is 1.53. The molecular formula is C16H14ClN3OS. The van der Waals surface area contributed by atoms with E-state index < -0.39 is 0 Å². The number of rotatable bonds is 3. The molecule has 1 aliphatic rings. The Labute approximate surface area is 138 Å². The summed E-state index contributed by atoms with van der Waals surface area (Å²) in [6, 6.07) is 9.55. The van der Waals surface area contributed by atoms with E-state index in [9.17, 15) is 4.79 Å². The van der Waals surface area contributed by atoms with Crippen molar-refractivity contribution in [2.24, 2.45) is 4.99 Å². The molecule has 0 saturated carbocycles. The minimum Gasteiger partial charge on any atom is -0.325 e. The molecule has 1 aliphatic heterocycles. The van der Waals surface area contributed by atoms with Crippen LogP contribution in [0, 0.1) is 6.92 Å². The highest BCUT2D eigenvalue weighted by atomic mass is 35.5. The third kappa shape index (κ3) is 3.67. The summed E-state index contributed by atoms with van der Waals surface area (Å²) in [6.07, 6.45) is 2.37. The van der Waals surface area contributed by atoms with Gasteiger partial charge >= 0.3 is 0 Å². The number of benzene rings is 1. The molecule has 0 unspecified atom stereocenters. The number of nitrogens with one attached hydrogen (secondary N) is 1. The van der Waals surface area contributed by atoms with Crippen LogP contribution in [0.15, 0.2) is 41.5 Å². The van der Waals surface area contributed by atoms with Gasteiger partial charge in [-0.05, 0) is 30.7 Å². The molecule has 3 rings (SSSR count). The van der Waals surface area contributed by atoms with Gasteiger partial charge in [0.25, 0.3) is 0 Å². The van der Waals surface area contributed by atoms with Gasteiger partial charge in [0, 0.05) is 12.1 Å². The van der Waals surface area contributed by atoms with Gasteiger partial charge in [0.05, 0.1) is 22.7 Å². The van der Waals surface area contributed by atoms with E-state index in [4.69, 9.17) is 11.6 Å². The molecule has 6 heteroatoms. The average molecular weight is 332 g/mol. The van der Waals surface area contributed by atoms with E-state index >= 15 is 0 Å². The highest BCUT2D eigenvalue weighted by molar-refractivity contribution is 8.14. The molecule has 2 heterocycles. The smallest absolute Gasteiger partial charge is 0.234 e. The molecule has 4 nitrogen and oxygen atoms in total. The van der Waals surface area contributed by atoms with Gasteiger partial charge in [-0.15, -0.1) is 11.8 Å². The predicted octanol–water partition coefficient (Wildman–Crippen LogP) is 4.00. The van der Waals surface area contributed by atoms with Crippen molar-refractivity contribution in [3.8, 4) is 0 Å². The number of aromatic nitrogens is 1. The molecule has 1 amide bonds. The molecule has 22 heavy (non-hydrogen) atoms. The maximum Gasteiger partial charge on any atom is 0.234 e. The van der Waals surface area contributed by atoms with Gasteiger partial charge in [0.2, 0.25) is 5.91 Å². The van der Waals surface area contributed by atoms with E-state index in [0.29, 0.717) is 17.3 Å². The van der Waals surface area contributed by atoms with Gasteiger partial charge in [-0.1, -0.05) is 29.3 Å². The normalized spacial score (nSPS) is 12.7. The van der Waals surface area contributed by atoms with Crippen molar-refractivity contribution < 1.29 is 4.79 Å². The van der Waals surface area contributed by atoms with Crippen LogP contribution in [0.5, 0.6) is 0 Å². The summed E-state index contributed by atoms with van der Waals surface area (Å²) in [4.78, 5) is 20.4. The van der Waals surface area contributed by atoms with Gasteiger partial charge in [-0.25, -0.2) is 9.98 Å². The van der Waals surface area contributed by atoms with Gasteiger partial charge in [0.15, 0.2) is 0 Å². The first-order chi connectivity index (χ1) is 10.6. The lowest BCUT2D eigenvalue weighted by molar-refractivity contribution is -0.113. The van der Waals surface area contributed by atoms with Crippen LogP contribution >= 0.6 is 23.4 Å². The lowest BCUT2D eigenvalue weighted by atomic mass is 10.2. The average Bonchev–Trinajstić information content (AvgIpc) is 2.89. The highest BCUT2D eigenvalue weighted by Crippen LogP contribution is 2.30. The molecule has 0 aliphatic carbocycles. The van der Waals surface area contributed by atoms with Crippen LogP contribution in [0.1, 0.15) is 11.1 Å². The second kappa shape index (κ2) is 6.50. The van der Waals surface area contributed by atoms with Gasteiger partial charge < -0.3 is 5.32 Å². The fourth-order valence-corrected chi connectivity index (χ4v) is 3.08. The summed E-state index contributed by atoms with van der Waals surface area (Å²) < 4.78 is 0. The quantitative estimate of drug-likeness (QED) is 0.865. The van der Waals surface area contributed by atoms with E-state index in [2.05, 4.69) is 15.3 Å². The Hall–Kier alpha value is -1.85. The molecule has 0 saturated heterocycles. The fourth-order valence-electron chi connectivity index (χ4n) is 2.11. The first kappa shape index (κ1) is 15.1. The van der Waals surface area contributed by atoms with Crippen molar-refractivity contribution in [2.45, 2.75) is 13.3 Å². The topological polar surface area (TPSA) is 54.4 Å². The molecule has 0 bridgehead atoms. The summed E-state index contributed by atoms with van der Waals surface area (Å²) in [5, 5.41) is 4.26. The van der Waals surface area contributed by atoms with Crippen molar-refractivity contribution in [2.75, 3.05) is 11.1 Å². The highest BCUT2D eigenvalue weighted by Gasteiger charge is 2.17. The third-order valence-corrected chi connectivity index (χ3v) is 4.41. The molecule has 1 aromatic heterocycles. The van der Waals surface area contributed by atoms with Crippen LogP contribution in [0.3, 0.4) is 0 Å². The van der Waals surface area contributed by atoms with Crippen molar-refractivity contribution in [1.29, 1.82) is 0 Å². The second-order valence-corrected chi connectivity index (χ2v) is 6.46. The molecule has 0 fully saturated rings. The molecule has 112 valence electrons. The summed E-state index contributed by atoms with van der Waals surface area (Å²) in [6.45, 7) is 2.01. The number of fused-ring (bicyclic) bond motifs is 1. The van der Waals surface area contributed by atoms with Gasteiger partial charge in [0.1, 0.15) is 5.15 Å². The Morgan fingerprint density at radius 2 is 2.14 bits per heavy atom. The second-order valence-electron chi connectivity index (χ2n) is 5.02. The molecule has 0 atom stereocenters. The van der Waals surface area contributed by atoms with Crippen LogP contribution in [0.2, 0.25) is 5.15 Å². The van der Waals surface area contributed by atoms with E-state index in [-0.39, 0.29) is 5.91 Å². The number of thioether (sulfide) groups is 1. The van der Waals surface area contributed by atoms with Crippen LogP contribution in [0.4, 0.5) is 11.4 Å². The molecule has 1 N–H and O–H groups in total. The SMILES string of the molecule is Cc1ccc(NC(=O)CSC2=Nc3cnc(Cl)cc3C2)cc1. The zero-order valence-corrected chi connectivity index (χ0v) is 13.5. The Morgan fingerprint density at radius 3 is 2.91 bits per heavy atom. The molecule has 0 spiro atoms. The standard InChI is InChI=1S/C16H14ClN3OS/c1-10-2-4-12(5-3-10)19-15(21)9-22-16-7-11-6-14(17)18-8-13(11)20-16/h2-6,8H,7,9H2,1H3,(H,19,21). The van der Waals surface area contributed by atoms with Crippen LogP contribution in [-0.4, -0.2) is 21.7 Å². The van der Waals surface area contributed by atoms with Crippen LogP contribution in [-0.2, 0) is 11.2 Å². The largest absolute Gasteiger partial charge is 0.325 e. The first-order valence-corrected chi connectivity index (χ1v) is 8.18. The van der Waals surface area contributed by atoms with Gasteiger partial charge in [-0.2, -0.15) is 0 Å². The number of amides is 1. The predicted molar refractivity (Wildman–Crippen MR) is 92.3 cm³/mol. The van der Waals surface area contributed by atoms with Crippen molar-refractivity contribution >= 4 is 45.7 Å². The minimum atomic E-state index is -0.0383. The lowest BCUT2D eigenvalue weighted by Gasteiger charge is -2.05. The maximum absolute atomic E-state index is 12.0. The number of pyridine rings is 1. The minimum absolute atomic E-state index is 0.0383. The maximum atomic E-state index is 12.0. The summed E-state index contributed by atoms with van der Waals surface area (Å²) in [5.41, 5.74) is 3.87. The molecule has 2 aromatic rings. The zero-order valence-electron chi connectivity index (χ0n) is 12.0. The number of hydrogen-bond acceptors (Lipinski definition) is 4. The summed E-state index contributed by atoms with van der Waals surface area (Å²) in [5.74, 6) is 0.297. The number of anilines is 1. The lowest BCUT2D eigenvalue weighted by Crippen LogP contribution is -2.15. The van der Waals surface area contributed by atoms with E-state index in [0.717, 1.165) is 27.5 Å². The molecule has 0 radical (unpaired) electrons. The van der Waals surface area contributed by atoms with E-state index in [1.807, 2.05) is 37.3 Å². The monoisotopic (exact) mass is 331 g/mol. The third-order valence-electron chi connectivity index (χ3n) is 3.22. The van der Waals surface area contributed by atoms with Crippen LogP contribution < -0.4 is 5.32 Å². The Bertz CT molecular complexity index is 744. The first-order valence-electron chi connectivity index (χ1n) is 6.81. The number of carbonyl (C=O) groups is 1. The number of hydrogen-bond donors (Lipinski definition) is 1. The molecular weight excluding hydrogens is 318 g/mol. The zero-order chi connectivity index (χ0) is 15.5. The number of halogens is 1. The van der Waals surface area contributed by atoms with Crippen molar-refractivity contribution in [1.82, 2.24) is 4.98 Å². The Kier molecular flexibility index (Phi) is 4.45. The Morgan fingerprint density at radius 1 is 1.36 bits per heavy atom. The van der Waals surface area contributed by atoms with Gasteiger partial charge in [-0.3, -0.25) is 4.79 Å². The van der Waals surface area contributed by atoms with E-state index in [1.165, 1.54) is 11.8 Å². The van der Waals surface area contributed by atoms with Crippen molar-refractivity contribution in [3.05, 3.63) is 52.8 Å². The van der Waals surface area contributed by atoms with Crippen LogP contribution in [0.25, 0.3) is 0 Å². The molecule has 1 aromatic carbocycles. The summed E-state index contributed by atoms with van der Waals surface area (Å²) in [7, 11) is 0.